The molecule has 2 aliphatic carbocycles. The van der Waals surface area contributed by atoms with Crippen LogP contribution in [0.1, 0.15) is 57.4 Å². The van der Waals surface area contributed by atoms with Gasteiger partial charge in [0.25, 0.3) is 0 Å². The van der Waals surface area contributed by atoms with Gasteiger partial charge < -0.3 is 5.32 Å². The van der Waals surface area contributed by atoms with E-state index in [9.17, 15) is 4.39 Å². The molecule has 0 aromatic heterocycles. The largest absolute Gasteiger partial charge is 0.311 e. The molecule has 3 rings (SSSR count). The van der Waals surface area contributed by atoms with E-state index in [-0.39, 0.29) is 5.82 Å². The third kappa shape index (κ3) is 3.00. The number of hydrogen-bond donors (Lipinski definition) is 1. The summed E-state index contributed by atoms with van der Waals surface area (Å²) in [5.41, 5.74) is 1.82. The average molecular weight is 261 g/mol. The van der Waals surface area contributed by atoms with Crippen LogP contribution < -0.4 is 5.32 Å². The van der Waals surface area contributed by atoms with Crippen LogP contribution >= 0.6 is 0 Å². The normalized spacial score (nSPS) is 33.1. The molecule has 2 saturated carbocycles. The zero-order chi connectivity index (χ0) is 13.5. The zero-order valence-electron chi connectivity index (χ0n) is 12.0. The Morgan fingerprint density at radius 1 is 1.11 bits per heavy atom. The lowest BCUT2D eigenvalue weighted by atomic mass is 9.75. The Bertz CT molecular complexity index is 431. The summed E-state index contributed by atoms with van der Waals surface area (Å²) in [7, 11) is 0. The standard InChI is InChI=1S/C17H24FN/c1-17(2)8-7-15(11-17)19-16-9-13(10-16)12-3-5-14(18)6-4-12/h3-6,13,15-16,19H,7-11H2,1-2H3. The van der Waals surface area contributed by atoms with Crippen molar-refractivity contribution in [3.63, 3.8) is 0 Å². The van der Waals surface area contributed by atoms with Crippen molar-refractivity contribution in [3.8, 4) is 0 Å². The van der Waals surface area contributed by atoms with Gasteiger partial charge in [0.05, 0.1) is 0 Å². The van der Waals surface area contributed by atoms with Gasteiger partial charge in [-0.15, -0.1) is 0 Å². The third-order valence-corrected chi connectivity index (χ3v) is 4.92. The first-order valence-corrected chi connectivity index (χ1v) is 7.53. The Hall–Kier alpha value is -0.890. The number of halogens is 1. The maximum atomic E-state index is 12.9. The molecule has 19 heavy (non-hydrogen) atoms. The minimum absolute atomic E-state index is 0.133. The average Bonchev–Trinajstić information content (AvgIpc) is 2.64. The molecule has 104 valence electrons. The Morgan fingerprint density at radius 3 is 2.37 bits per heavy atom. The van der Waals surface area contributed by atoms with Gasteiger partial charge in [-0.1, -0.05) is 26.0 Å². The highest BCUT2D eigenvalue weighted by Crippen LogP contribution is 2.41. The van der Waals surface area contributed by atoms with Crippen molar-refractivity contribution in [2.24, 2.45) is 5.41 Å². The van der Waals surface area contributed by atoms with Gasteiger partial charge in [-0.05, 0) is 61.1 Å². The van der Waals surface area contributed by atoms with Crippen molar-refractivity contribution in [1.29, 1.82) is 0 Å². The van der Waals surface area contributed by atoms with Gasteiger partial charge in [-0.3, -0.25) is 0 Å². The van der Waals surface area contributed by atoms with Crippen molar-refractivity contribution in [2.45, 2.75) is 64.0 Å². The van der Waals surface area contributed by atoms with Gasteiger partial charge in [0.15, 0.2) is 0 Å². The fourth-order valence-electron chi connectivity index (χ4n) is 3.67. The maximum absolute atomic E-state index is 12.9. The van der Waals surface area contributed by atoms with Crippen LogP contribution in [0.2, 0.25) is 0 Å². The number of hydrogen-bond acceptors (Lipinski definition) is 1. The molecule has 1 nitrogen and oxygen atoms in total. The highest BCUT2D eigenvalue weighted by molar-refractivity contribution is 5.23. The highest BCUT2D eigenvalue weighted by Gasteiger charge is 2.36. The van der Waals surface area contributed by atoms with E-state index in [1.807, 2.05) is 12.1 Å². The summed E-state index contributed by atoms with van der Waals surface area (Å²) >= 11 is 0. The lowest BCUT2D eigenvalue weighted by Crippen LogP contribution is -2.44. The van der Waals surface area contributed by atoms with Gasteiger partial charge >= 0.3 is 0 Å². The molecule has 0 bridgehead atoms. The number of rotatable bonds is 3. The molecule has 0 radical (unpaired) electrons. The highest BCUT2D eigenvalue weighted by atomic mass is 19.1. The molecular formula is C17H24FN. The second kappa shape index (κ2) is 4.90. The lowest BCUT2D eigenvalue weighted by molar-refractivity contribution is 0.256. The van der Waals surface area contributed by atoms with Crippen LogP contribution in [-0.2, 0) is 0 Å². The Labute approximate surface area is 115 Å². The summed E-state index contributed by atoms with van der Waals surface area (Å²) in [6.07, 6.45) is 6.40. The minimum Gasteiger partial charge on any atom is -0.311 e. The van der Waals surface area contributed by atoms with Gasteiger partial charge in [-0.2, -0.15) is 0 Å². The maximum Gasteiger partial charge on any atom is 0.123 e. The molecule has 0 spiro atoms. The molecule has 0 heterocycles. The van der Waals surface area contributed by atoms with Crippen LogP contribution in [0.25, 0.3) is 0 Å². The van der Waals surface area contributed by atoms with Crippen molar-refractivity contribution in [3.05, 3.63) is 35.6 Å². The van der Waals surface area contributed by atoms with Crippen LogP contribution in [-0.4, -0.2) is 12.1 Å². The summed E-state index contributed by atoms with van der Waals surface area (Å²) in [5.74, 6) is 0.499. The van der Waals surface area contributed by atoms with E-state index in [0.717, 1.165) is 0 Å². The molecule has 2 aliphatic rings. The molecule has 1 aromatic carbocycles. The predicted molar refractivity (Wildman–Crippen MR) is 76.7 cm³/mol. The van der Waals surface area contributed by atoms with E-state index in [0.29, 0.717) is 23.4 Å². The third-order valence-electron chi connectivity index (χ3n) is 4.92. The number of nitrogens with one attached hydrogen (secondary N) is 1. The molecule has 2 heteroatoms. The smallest absolute Gasteiger partial charge is 0.123 e. The summed E-state index contributed by atoms with van der Waals surface area (Å²) in [6.45, 7) is 4.74. The first-order valence-electron chi connectivity index (χ1n) is 7.53. The molecule has 0 amide bonds. The predicted octanol–water partition coefficient (Wildman–Crippen LogP) is 4.24. The fraction of sp³-hybridized carbons (Fsp3) is 0.647. The molecular weight excluding hydrogens is 237 g/mol. The van der Waals surface area contributed by atoms with Gasteiger partial charge in [-0.25, -0.2) is 4.39 Å². The lowest BCUT2D eigenvalue weighted by Gasteiger charge is -2.38. The monoisotopic (exact) mass is 261 g/mol. The van der Waals surface area contributed by atoms with Crippen LogP contribution in [0.3, 0.4) is 0 Å². The van der Waals surface area contributed by atoms with E-state index >= 15 is 0 Å². The quantitative estimate of drug-likeness (QED) is 0.858. The SMILES string of the molecule is CC1(C)CCC(NC2CC(c3ccc(F)cc3)C2)C1. The summed E-state index contributed by atoms with van der Waals surface area (Å²) in [5, 5.41) is 3.81. The number of benzene rings is 1. The van der Waals surface area contributed by atoms with Crippen molar-refractivity contribution in [1.82, 2.24) is 5.32 Å². The van der Waals surface area contributed by atoms with Crippen molar-refractivity contribution < 1.29 is 4.39 Å². The second-order valence-electron chi connectivity index (χ2n) is 7.19. The van der Waals surface area contributed by atoms with Crippen LogP contribution in [0, 0.1) is 11.2 Å². The Morgan fingerprint density at radius 2 is 1.79 bits per heavy atom. The first kappa shape index (κ1) is 13.1. The van der Waals surface area contributed by atoms with Crippen molar-refractivity contribution >= 4 is 0 Å². The molecule has 1 N–H and O–H groups in total. The zero-order valence-corrected chi connectivity index (χ0v) is 12.0. The second-order valence-corrected chi connectivity index (χ2v) is 7.19. The van der Waals surface area contributed by atoms with Crippen molar-refractivity contribution in [2.75, 3.05) is 0 Å². The molecule has 1 unspecified atom stereocenters. The molecule has 1 atom stereocenters. The fourth-order valence-corrected chi connectivity index (χ4v) is 3.67. The molecule has 0 aliphatic heterocycles. The Kier molecular flexibility index (Phi) is 3.38. The van der Waals surface area contributed by atoms with E-state index < -0.39 is 0 Å². The Balaban J connectivity index is 1.47. The van der Waals surface area contributed by atoms with E-state index in [1.165, 1.54) is 37.7 Å². The summed E-state index contributed by atoms with van der Waals surface area (Å²) in [6, 6.07) is 8.43. The van der Waals surface area contributed by atoms with Crippen LogP contribution in [0.15, 0.2) is 24.3 Å². The molecule has 1 aromatic rings. The minimum atomic E-state index is -0.133. The molecule has 2 fully saturated rings. The van der Waals surface area contributed by atoms with E-state index in [2.05, 4.69) is 19.2 Å². The summed E-state index contributed by atoms with van der Waals surface area (Å²) < 4.78 is 12.9. The van der Waals surface area contributed by atoms with E-state index in [1.54, 1.807) is 12.1 Å². The topological polar surface area (TPSA) is 12.0 Å². The summed E-state index contributed by atoms with van der Waals surface area (Å²) in [4.78, 5) is 0. The van der Waals surface area contributed by atoms with Gasteiger partial charge in [0, 0.05) is 12.1 Å². The van der Waals surface area contributed by atoms with Crippen LogP contribution in [0.5, 0.6) is 0 Å². The van der Waals surface area contributed by atoms with Gasteiger partial charge in [0.1, 0.15) is 5.82 Å². The molecule has 0 saturated heterocycles. The first-order chi connectivity index (χ1) is 9.02. The van der Waals surface area contributed by atoms with Crippen LogP contribution in [0.4, 0.5) is 4.39 Å². The van der Waals surface area contributed by atoms with Gasteiger partial charge in [0.2, 0.25) is 0 Å². The van der Waals surface area contributed by atoms with E-state index in [4.69, 9.17) is 0 Å².